The Labute approximate surface area is 91.4 Å². The number of carbonyl (C=O) groups excluding carboxylic acids is 1. The summed E-state index contributed by atoms with van der Waals surface area (Å²) in [5.41, 5.74) is 5.27. The average molecular weight is 222 g/mol. The fourth-order valence-corrected chi connectivity index (χ4v) is 1.67. The van der Waals surface area contributed by atoms with Gasteiger partial charge in [-0.1, -0.05) is 19.3 Å². The molecule has 1 rings (SSSR count). The van der Waals surface area contributed by atoms with Crippen molar-refractivity contribution in [2.75, 3.05) is 13.1 Å². The number of carbonyl (C=O) groups is 1. The molecule has 84 valence electrons. The second-order valence-corrected chi connectivity index (χ2v) is 3.52. The van der Waals surface area contributed by atoms with Crippen LogP contribution in [0.1, 0.15) is 32.1 Å². The van der Waals surface area contributed by atoms with Crippen molar-refractivity contribution >= 4 is 18.4 Å². The normalized spacial score (nSPS) is 16.9. The Bertz CT molecular complexity index is 160. The van der Waals surface area contributed by atoms with Crippen molar-refractivity contribution in [1.82, 2.24) is 10.6 Å². The lowest BCUT2D eigenvalue weighted by molar-refractivity contribution is 0.233. The van der Waals surface area contributed by atoms with Gasteiger partial charge in [-0.25, -0.2) is 4.79 Å². The molecule has 0 aromatic rings. The maximum Gasteiger partial charge on any atom is 0.315 e. The lowest BCUT2D eigenvalue weighted by atomic mass is 9.96. The molecule has 14 heavy (non-hydrogen) atoms. The highest BCUT2D eigenvalue weighted by atomic mass is 35.5. The molecule has 0 bridgehead atoms. The lowest BCUT2D eigenvalue weighted by Crippen LogP contribution is -2.44. The third kappa shape index (κ3) is 5.29. The molecule has 0 spiro atoms. The second kappa shape index (κ2) is 7.88. The SMILES string of the molecule is Cl.NCCNC(=O)NC1CCCCC1. The predicted octanol–water partition coefficient (Wildman–Crippen LogP) is 0.999. The summed E-state index contributed by atoms with van der Waals surface area (Å²) < 4.78 is 0. The second-order valence-electron chi connectivity index (χ2n) is 3.52. The van der Waals surface area contributed by atoms with Gasteiger partial charge in [0, 0.05) is 19.1 Å². The van der Waals surface area contributed by atoms with E-state index in [4.69, 9.17) is 5.73 Å². The molecule has 0 aromatic heterocycles. The average Bonchev–Trinajstić information content (AvgIpc) is 2.16. The van der Waals surface area contributed by atoms with Crippen LogP contribution < -0.4 is 16.4 Å². The van der Waals surface area contributed by atoms with Gasteiger partial charge in [-0.15, -0.1) is 12.4 Å². The van der Waals surface area contributed by atoms with Crippen molar-refractivity contribution in [1.29, 1.82) is 0 Å². The van der Waals surface area contributed by atoms with Crippen LogP contribution in [0.3, 0.4) is 0 Å². The van der Waals surface area contributed by atoms with Crippen LogP contribution in [0.25, 0.3) is 0 Å². The number of urea groups is 1. The molecule has 2 amide bonds. The van der Waals surface area contributed by atoms with Gasteiger partial charge in [-0.2, -0.15) is 0 Å². The van der Waals surface area contributed by atoms with E-state index in [0.29, 0.717) is 19.1 Å². The summed E-state index contributed by atoms with van der Waals surface area (Å²) in [4.78, 5) is 11.2. The van der Waals surface area contributed by atoms with Crippen LogP contribution in [-0.4, -0.2) is 25.2 Å². The van der Waals surface area contributed by atoms with Gasteiger partial charge in [0.1, 0.15) is 0 Å². The minimum absolute atomic E-state index is 0. The maximum absolute atomic E-state index is 11.2. The topological polar surface area (TPSA) is 67.1 Å². The van der Waals surface area contributed by atoms with E-state index in [1.807, 2.05) is 0 Å². The molecule has 0 unspecified atom stereocenters. The first kappa shape index (κ1) is 13.5. The zero-order valence-corrected chi connectivity index (χ0v) is 9.24. The van der Waals surface area contributed by atoms with Gasteiger partial charge in [0.15, 0.2) is 0 Å². The molecule has 0 radical (unpaired) electrons. The number of amides is 2. The van der Waals surface area contributed by atoms with Crippen LogP contribution in [0.4, 0.5) is 4.79 Å². The molecule has 4 N–H and O–H groups in total. The largest absolute Gasteiger partial charge is 0.337 e. The van der Waals surface area contributed by atoms with Crippen molar-refractivity contribution in [2.45, 2.75) is 38.1 Å². The smallest absolute Gasteiger partial charge is 0.315 e. The summed E-state index contributed by atoms with van der Waals surface area (Å²) in [6, 6.07) is 0.309. The van der Waals surface area contributed by atoms with E-state index < -0.39 is 0 Å². The third-order valence-corrected chi connectivity index (χ3v) is 2.37. The highest BCUT2D eigenvalue weighted by molar-refractivity contribution is 5.85. The lowest BCUT2D eigenvalue weighted by Gasteiger charge is -2.22. The summed E-state index contributed by atoms with van der Waals surface area (Å²) in [7, 11) is 0. The van der Waals surface area contributed by atoms with Crippen LogP contribution >= 0.6 is 12.4 Å². The summed E-state index contributed by atoms with van der Waals surface area (Å²) in [6.07, 6.45) is 6.03. The predicted molar refractivity (Wildman–Crippen MR) is 59.7 cm³/mol. The number of rotatable bonds is 3. The van der Waals surface area contributed by atoms with Crippen molar-refractivity contribution < 1.29 is 4.79 Å². The number of hydrogen-bond acceptors (Lipinski definition) is 2. The Hall–Kier alpha value is -0.480. The van der Waals surface area contributed by atoms with E-state index >= 15 is 0 Å². The van der Waals surface area contributed by atoms with Gasteiger partial charge >= 0.3 is 6.03 Å². The number of hydrogen-bond donors (Lipinski definition) is 3. The van der Waals surface area contributed by atoms with E-state index in [0.717, 1.165) is 12.8 Å². The van der Waals surface area contributed by atoms with Crippen LogP contribution in [0.2, 0.25) is 0 Å². The third-order valence-electron chi connectivity index (χ3n) is 2.37. The first-order chi connectivity index (χ1) is 6.33. The molecule has 0 aromatic carbocycles. The zero-order chi connectivity index (χ0) is 9.52. The van der Waals surface area contributed by atoms with E-state index in [2.05, 4.69) is 10.6 Å². The molecule has 0 heterocycles. The van der Waals surface area contributed by atoms with Gasteiger partial charge in [0.2, 0.25) is 0 Å². The fraction of sp³-hybridized carbons (Fsp3) is 0.889. The van der Waals surface area contributed by atoms with Crippen molar-refractivity contribution in [2.24, 2.45) is 5.73 Å². The standard InChI is InChI=1S/C9H19N3O.ClH/c10-6-7-11-9(13)12-8-4-2-1-3-5-8;/h8H,1-7,10H2,(H2,11,12,13);1H. The van der Waals surface area contributed by atoms with Crippen LogP contribution in [0, 0.1) is 0 Å². The molecule has 4 nitrogen and oxygen atoms in total. The molecule has 1 aliphatic rings. The van der Waals surface area contributed by atoms with Crippen LogP contribution in [0.15, 0.2) is 0 Å². The van der Waals surface area contributed by atoms with Crippen molar-refractivity contribution in [3.05, 3.63) is 0 Å². The number of nitrogens with one attached hydrogen (secondary N) is 2. The van der Waals surface area contributed by atoms with Crippen LogP contribution in [0.5, 0.6) is 0 Å². The summed E-state index contributed by atoms with van der Waals surface area (Å²) >= 11 is 0. The molecule has 5 heteroatoms. The summed E-state index contributed by atoms with van der Waals surface area (Å²) in [5.74, 6) is 0. The zero-order valence-electron chi connectivity index (χ0n) is 8.42. The van der Waals surface area contributed by atoms with Gasteiger partial charge < -0.3 is 16.4 Å². The van der Waals surface area contributed by atoms with Gasteiger partial charge in [-0.05, 0) is 12.8 Å². The van der Waals surface area contributed by atoms with Crippen LogP contribution in [-0.2, 0) is 0 Å². The fourth-order valence-electron chi connectivity index (χ4n) is 1.67. The Morgan fingerprint density at radius 3 is 2.50 bits per heavy atom. The molecular formula is C9H20ClN3O. The molecule has 0 atom stereocenters. The summed E-state index contributed by atoms with van der Waals surface area (Å²) in [6.45, 7) is 1.05. The minimum Gasteiger partial charge on any atom is -0.337 e. The van der Waals surface area contributed by atoms with Gasteiger partial charge in [0.05, 0.1) is 0 Å². The molecule has 1 aliphatic carbocycles. The van der Waals surface area contributed by atoms with E-state index in [1.54, 1.807) is 0 Å². The Kier molecular flexibility index (Phi) is 7.61. The van der Waals surface area contributed by atoms with Crippen molar-refractivity contribution in [3.8, 4) is 0 Å². The quantitative estimate of drug-likeness (QED) is 0.666. The van der Waals surface area contributed by atoms with E-state index in [1.165, 1.54) is 19.3 Å². The first-order valence-electron chi connectivity index (χ1n) is 5.07. The van der Waals surface area contributed by atoms with E-state index in [9.17, 15) is 4.79 Å². The van der Waals surface area contributed by atoms with Gasteiger partial charge in [0.25, 0.3) is 0 Å². The Morgan fingerprint density at radius 1 is 1.29 bits per heavy atom. The van der Waals surface area contributed by atoms with Crippen molar-refractivity contribution in [3.63, 3.8) is 0 Å². The summed E-state index contributed by atoms with van der Waals surface area (Å²) in [5, 5.41) is 5.65. The van der Waals surface area contributed by atoms with E-state index in [-0.39, 0.29) is 18.4 Å². The molecule has 0 aliphatic heterocycles. The molecule has 0 saturated heterocycles. The highest BCUT2D eigenvalue weighted by Gasteiger charge is 2.14. The van der Waals surface area contributed by atoms with Gasteiger partial charge in [-0.3, -0.25) is 0 Å². The molecular weight excluding hydrogens is 202 g/mol. The minimum atomic E-state index is -0.0719. The Morgan fingerprint density at radius 2 is 1.93 bits per heavy atom. The molecule has 1 saturated carbocycles. The molecule has 1 fully saturated rings. The Balaban J connectivity index is 0.00000169. The first-order valence-corrected chi connectivity index (χ1v) is 5.07. The maximum atomic E-state index is 11.2. The number of halogens is 1. The monoisotopic (exact) mass is 221 g/mol. The highest BCUT2D eigenvalue weighted by Crippen LogP contribution is 2.16. The number of nitrogens with two attached hydrogens (primary N) is 1.